The highest BCUT2D eigenvalue weighted by molar-refractivity contribution is 7.99. The van der Waals surface area contributed by atoms with Crippen molar-refractivity contribution in [1.29, 1.82) is 0 Å². The van der Waals surface area contributed by atoms with Crippen molar-refractivity contribution in [3.8, 4) is 0 Å². The van der Waals surface area contributed by atoms with Crippen LogP contribution in [0.1, 0.15) is 36.8 Å². The molecule has 2 bridgehead atoms. The van der Waals surface area contributed by atoms with Crippen molar-refractivity contribution in [1.82, 2.24) is 4.31 Å². The molecule has 1 aromatic rings. The zero-order valence-corrected chi connectivity index (χ0v) is 14.7. The average molecular weight is 338 g/mol. The Bertz CT molecular complexity index is 638. The van der Waals surface area contributed by atoms with Crippen LogP contribution in [0.25, 0.3) is 6.08 Å². The zero-order valence-electron chi connectivity index (χ0n) is 13.1. The summed E-state index contributed by atoms with van der Waals surface area (Å²) in [6.45, 7) is 2.03. The maximum absolute atomic E-state index is 12.7. The summed E-state index contributed by atoms with van der Waals surface area (Å²) in [5.41, 5.74) is 2.11. The van der Waals surface area contributed by atoms with Crippen molar-refractivity contribution in [3.05, 3.63) is 40.8 Å². The molecular weight excluding hydrogens is 314 g/mol. The molecule has 2 aliphatic rings. The molecule has 2 fully saturated rings. The van der Waals surface area contributed by atoms with E-state index in [9.17, 15) is 8.42 Å². The smallest absolute Gasteiger partial charge is 0.207 e. The molecule has 2 atom stereocenters. The number of rotatable bonds is 4. The molecule has 3 nitrogen and oxygen atoms in total. The van der Waals surface area contributed by atoms with E-state index < -0.39 is 10.0 Å². The molecule has 22 heavy (non-hydrogen) atoms. The maximum atomic E-state index is 12.7. The fourth-order valence-corrected chi connectivity index (χ4v) is 6.12. The lowest BCUT2D eigenvalue weighted by Crippen LogP contribution is -2.46. The van der Waals surface area contributed by atoms with Crippen LogP contribution in [0, 0.1) is 6.92 Å². The van der Waals surface area contributed by atoms with Crippen LogP contribution in [-0.2, 0) is 10.0 Å². The minimum atomic E-state index is -3.32. The Hall–Kier alpha value is -0.780. The van der Waals surface area contributed by atoms with Gasteiger partial charge in [-0.05, 0) is 50.5 Å². The van der Waals surface area contributed by atoms with Crippen molar-refractivity contribution >= 4 is 27.9 Å². The Kier molecular flexibility index (Phi) is 4.67. The molecule has 0 amide bonds. The van der Waals surface area contributed by atoms with Crippen molar-refractivity contribution in [2.24, 2.45) is 0 Å². The van der Waals surface area contributed by atoms with Crippen molar-refractivity contribution in [2.45, 2.75) is 49.9 Å². The van der Waals surface area contributed by atoms with Gasteiger partial charge in [0, 0.05) is 22.7 Å². The van der Waals surface area contributed by atoms with Crippen LogP contribution < -0.4 is 0 Å². The first-order valence-corrected chi connectivity index (χ1v) is 10.6. The van der Waals surface area contributed by atoms with Gasteiger partial charge in [-0.15, -0.1) is 0 Å². The highest BCUT2D eigenvalue weighted by Crippen LogP contribution is 2.41. The van der Waals surface area contributed by atoms with Gasteiger partial charge >= 0.3 is 0 Å². The van der Waals surface area contributed by atoms with Crippen molar-refractivity contribution < 1.29 is 8.42 Å². The van der Waals surface area contributed by atoms with E-state index in [2.05, 4.69) is 6.26 Å². The first-order chi connectivity index (χ1) is 10.5. The monoisotopic (exact) mass is 337 g/mol. The number of aryl methyl sites for hydroxylation is 1. The number of hydrogen-bond acceptors (Lipinski definition) is 3. The lowest BCUT2D eigenvalue weighted by molar-refractivity contribution is 0.256. The van der Waals surface area contributed by atoms with E-state index in [0.717, 1.165) is 31.2 Å². The van der Waals surface area contributed by atoms with Gasteiger partial charge in [-0.25, -0.2) is 8.42 Å². The van der Waals surface area contributed by atoms with Crippen LogP contribution in [0.4, 0.5) is 0 Å². The zero-order chi connectivity index (χ0) is 15.7. The van der Waals surface area contributed by atoms with Gasteiger partial charge in [0.05, 0.1) is 0 Å². The predicted octanol–water partition coefficient (Wildman–Crippen LogP) is 3.65. The third-order valence-electron chi connectivity index (χ3n) is 4.76. The number of thioether (sulfide) groups is 1. The molecule has 0 saturated carbocycles. The number of benzene rings is 1. The number of fused-ring (bicyclic) bond motifs is 2. The summed E-state index contributed by atoms with van der Waals surface area (Å²) in [6.07, 6.45) is 7.86. The van der Waals surface area contributed by atoms with Crippen molar-refractivity contribution in [2.75, 3.05) is 6.26 Å². The second-order valence-electron chi connectivity index (χ2n) is 6.30. The van der Waals surface area contributed by atoms with Gasteiger partial charge < -0.3 is 0 Å². The van der Waals surface area contributed by atoms with Crippen molar-refractivity contribution in [3.63, 3.8) is 0 Å². The second-order valence-corrected chi connectivity index (χ2v) is 9.16. The van der Waals surface area contributed by atoms with E-state index in [1.54, 1.807) is 10.4 Å². The van der Waals surface area contributed by atoms with Gasteiger partial charge in [0.25, 0.3) is 0 Å². The number of piperidine rings is 1. The molecule has 2 unspecified atom stereocenters. The van der Waals surface area contributed by atoms with Gasteiger partial charge in [-0.2, -0.15) is 16.1 Å². The minimum absolute atomic E-state index is 0.198. The van der Waals surface area contributed by atoms with Gasteiger partial charge in [0.2, 0.25) is 10.0 Å². The standard InChI is InChI=1S/C17H23NO2S2/c1-13-3-5-14(6-4-13)9-10-22(19,20)18-15-7-8-16(18)12-17(11-15)21-2/h3-6,9-10,15-17H,7-8,11-12H2,1-2H3/b10-9+. The van der Waals surface area contributed by atoms with Gasteiger partial charge in [0.1, 0.15) is 0 Å². The highest BCUT2D eigenvalue weighted by Gasteiger charge is 2.45. The molecule has 5 heteroatoms. The van der Waals surface area contributed by atoms with E-state index in [-0.39, 0.29) is 12.1 Å². The minimum Gasteiger partial charge on any atom is -0.207 e. The van der Waals surface area contributed by atoms with Gasteiger partial charge in [0.15, 0.2) is 0 Å². The molecule has 0 N–H and O–H groups in total. The normalized spacial score (nSPS) is 29.3. The molecule has 2 heterocycles. The summed E-state index contributed by atoms with van der Waals surface area (Å²) in [5.74, 6) is 0. The van der Waals surface area contributed by atoms with Crippen LogP contribution >= 0.6 is 11.8 Å². The molecule has 2 saturated heterocycles. The first-order valence-electron chi connectivity index (χ1n) is 7.80. The summed E-state index contributed by atoms with van der Waals surface area (Å²) in [7, 11) is -3.32. The SMILES string of the molecule is CSC1CC2CCC(C1)N2S(=O)(=O)/C=C/c1ccc(C)cc1. The number of hydrogen-bond donors (Lipinski definition) is 0. The highest BCUT2D eigenvalue weighted by atomic mass is 32.2. The van der Waals surface area contributed by atoms with E-state index in [1.165, 1.54) is 11.0 Å². The summed E-state index contributed by atoms with van der Waals surface area (Å²) in [5, 5.41) is 2.01. The van der Waals surface area contributed by atoms with Crippen LogP contribution in [-0.4, -0.2) is 36.3 Å². The number of sulfonamides is 1. The van der Waals surface area contributed by atoms with Crippen LogP contribution in [0.15, 0.2) is 29.7 Å². The van der Waals surface area contributed by atoms with Crippen LogP contribution in [0.2, 0.25) is 0 Å². The Labute approximate surface area is 137 Å². The van der Waals surface area contributed by atoms with Gasteiger partial charge in [-0.1, -0.05) is 29.8 Å². The summed E-state index contributed by atoms with van der Waals surface area (Å²) >= 11 is 1.88. The van der Waals surface area contributed by atoms with E-state index in [4.69, 9.17) is 0 Å². The molecule has 0 aliphatic carbocycles. The van der Waals surface area contributed by atoms with Crippen LogP contribution in [0.5, 0.6) is 0 Å². The van der Waals surface area contributed by atoms with Crippen LogP contribution in [0.3, 0.4) is 0 Å². The molecule has 120 valence electrons. The molecule has 1 aromatic carbocycles. The lowest BCUT2D eigenvalue weighted by atomic mass is 10.1. The molecular formula is C17H23NO2S2. The third kappa shape index (κ3) is 3.26. The Morgan fingerprint density at radius 2 is 1.73 bits per heavy atom. The van der Waals surface area contributed by atoms with E-state index in [0.29, 0.717) is 5.25 Å². The Morgan fingerprint density at radius 1 is 1.14 bits per heavy atom. The Morgan fingerprint density at radius 3 is 2.27 bits per heavy atom. The summed E-state index contributed by atoms with van der Waals surface area (Å²) < 4.78 is 27.2. The fraction of sp³-hybridized carbons (Fsp3) is 0.529. The average Bonchev–Trinajstić information content (AvgIpc) is 2.79. The molecule has 3 rings (SSSR count). The third-order valence-corrected chi connectivity index (χ3v) is 7.48. The topological polar surface area (TPSA) is 37.4 Å². The first kappa shape index (κ1) is 16.1. The second kappa shape index (κ2) is 6.38. The quantitative estimate of drug-likeness (QED) is 0.841. The number of nitrogens with zero attached hydrogens (tertiary/aromatic N) is 1. The largest absolute Gasteiger partial charge is 0.236 e. The van der Waals surface area contributed by atoms with Gasteiger partial charge in [-0.3, -0.25) is 0 Å². The molecule has 0 aromatic heterocycles. The molecule has 2 aliphatic heterocycles. The Balaban J connectivity index is 1.77. The fourth-order valence-electron chi connectivity index (χ4n) is 3.60. The predicted molar refractivity (Wildman–Crippen MR) is 94.3 cm³/mol. The summed E-state index contributed by atoms with van der Waals surface area (Å²) in [4.78, 5) is 0. The molecule has 0 spiro atoms. The maximum Gasteiger partial charge on any atom is 0.236 e. The molecule has 0 radical (unpaired) electrons. The van der Waals surface area contributed by atoms with E-state index in [1.807, 2.05) is 43.0 Å². The summed E-state index contributed by atoms with van der Waals surface area (Å²) in [6, 6.07) is 8.30. The van der Waals surface area contributed by atoms with E-state index >= 15 is 0 Å². The lowest BCUT2D eigenvalue weighted by Gasteiger charge is -2.36.